The number of nitrogens with zero attached hydrogens (tertiary/aromatic N) is 3. The summed E-state index contributed by atoms with van der Waals surface area (Å²) in [6, 6.07) is 9.32. The summed E-state index contributed by atoms with van der Waals surface area (Å²) < 4.78 is 13.8. The van der Waals surface area contributed by atoms with E-state index in [-0.39, 0.29) is 5.82 Å². The molecule has 0 aliphatic carbocycles. The Morgan fingerprint density at radius 3 is 2.84 bits per heavy atom. The number of hydrogen-bond acceptors (Lipinski definition) is 5. The van der Waals surface area contributed by atoms with Crippen LogP contribution in [0.4, 0.5) is 10.2 Å². The van der Waals surface area contributed by atoms with E-state index in [0.717, 1.165) is 37.4 Å². The van der Waals surface area contributed by atoms with Gasteiger partial charge in [0.1, 0.15) is 23.5 Å². The first-order valence-electron chi connectivity index (χ1n) is 8.67. The number of benzene rings is 1. The molecule has 1 N–H and O–H groups in total. The number of halogens is 1. The van der Waals surface area contributed by atoms with Crippen molar-refractivity contribution in [3.05, 3.63) is 52.7 Å². The van der Waals surface area contributed by atoms with E-state index in [1.165, 1.54) is 30.1 Å². The third kappa shape index (κ3) is 3.80. The first kappa shape index (κ1) is 16.4. The molecule has 1 aliphatic rings. The Hall–Kier alpha value is -2.05. The third-order valence-electron chi connectivity index (χ3n) is 4.84. The zero-order valence-electron chi connectivity index (χ0n) is 14.0. The number of rotatable bonds is 5. The van der Waals surface area contributed by atoms with Crippen molar-refractivity contribution in [1.29, 1.82) is 0 Å². The molecule has 4 nitrogen and oxygen atoms in total. The summed E-state index contributed by atoms with van der Waals surface area (Å²) >= 11 is 1.83. The van der Waals surface area contributed by atoms with Crippen LogP contribution in [0.25, 0.3) is 10.9 Å². The van der Waals surface area contributed by atoms with Crippen molar-refractivity contribution < 1.29 is 4.39 Å². The number of anilines is 1. The quantitative estimate of drug-likeness (QED) is 0.745. The normalized spacial score (nSPS) is 16.4. The minimum absolute atomic E-state index is 0.301. The van der Waals surface area contributed by atoms with E-state index in [1.807, 2.05) is 17.4 Å². The van der Waals surface area contributed by atoms with Crippen LogP contribution in [0, 0.1) is 11.7 Å². The molecule has 4 rings (SSSR count). The molecule has 3 aromatic rings. The highest BCUT2D eigenvalue weighted by atomic mass is 32.1. The average molecular weight is 356 g/mol. The lowest BCUT2D eigenvalue weighted by Crippen LogP contribution is -2.35. The van der Waals surface area contributed by atoms with E-state index in [1.54, 1.807) is 6.07 Å². The second-order valence-electron chi connectivity index (χ2n) is 6.54. The summed E-state index contributed by atoms with van der Waals surface area (Å²) in [6.07, 6.45) is 3.78. The maximum absolute atomic E-state index is 13.8. The minimum atomic E-state index is -0.301. The van der Waals surface area contributed by atoms with Crippen LogP contribution >= 0.6 is 11.3 Å². The Balaban J connectivity index is 1.33. The van der Waals surface area contributed by atoms with Crippen LogP contribution in [0.1, 0.15) is 17.7 Å². The number of piperidine rings is 1. The lowest BCUT2D eigenvalue weighted by molar-refractivity contribution is 0.184. The number of hydrogen-bond donors (Lipinski definition) is 1. The lowest BCUT2D eigenvalue weighted by atomic mass is 9.96. The van der Waals surface area contributed by atoms with Crippen LogP contribution in [-0.4, -0.2) is 34.5 Å². The summed E-state index contributed by atoms with van der Waals surface area (Å²) in [7, 11) is 0. The van der Waals surface area contributed by atoms with Crippen LogP contribution in [-0.2, 0) is 6.54 Å². The maximum Gasteiger partial charge on any atom is 0.149 e. The van der Waals surface area contributed by atoms with Crippen molar-refractivity contribution >= 4 is 28.1 Å². The summed E-state index contributed by atoms with van der Waals surface area (Å²) in [5, 5.41) is 6.30. The molecule has 6 heteroatoms. The molecule has 1 aliphatic heterocycles. The topological polar surface area (TPSA) is 41.0 Å². The van der Waals surface area contributed by atoms with Gasteiger partial charge < -0.3 is 5.32 Å². The highest BCUT2D eigenvalue weighted by molar-refractivity contribution is 7.09. The van der Waals surface area contributed by atoms with E-state index in [0.29, 0.717) is 11.4 Å². The minimum Gasteiger partial charge on any atom is -0.369 e. The Morgan fingerprint density at radius 1 is 1.16 bits per heavy atom. The monoisotopic (exact) mass is 356 g/mol. The van der Waals surface area contributed by atoms with Crippen LogP contribution in [0.2, 0.25) is 0 Å². The molecule has 2 aromatic heterocycles. The smallest absolute Gasteiger partial charge is 0.149 e. The van der Waals surface area contributed by atoms with Gasteiger partial charge in [-0.15, -0.1) is 11.3 Å². The number of para-hydroxylation sites is 1. The molecule has 25 heavy (non-hydrogen) atoms. The fourth-order valence-corrected chi connectivity index (χ4v) is 4.15. The number of thiophene rings is 1. The van der Waals surface area contributed by atoms with Gasteiger partial charge in [-0.05, 0) is 55.4 Å². The van der Waals surface area contributed by atoms with Gasteiger partial charge in [0.05, 0.1) is 0 Å². The summed E-state index contributed by atoms with van der Waals surface area (Å²) in [5.74, 6) is 1.05. The van der Waals surface area contributed by atoms with Crippen molar-refractivity contribution in [3.63, 3.8) is 0 Å². The highest BCUT2D eigenvalue weighted by Gasteiger charge is 2.20. The predicted molar refractivity (Wildman–Crippen MR) is 100 cm³/mol. The molecule has 130 valence electrons. The fourth-order valence-electron chi connectivity index (χ4n) is 3.41. The van der Waals surface area contributed by atoms with Crippen molar-refractivity contribution in [2.24, 2.45) is 5.92 Å². The predicted octanol–water partition coefficient (Wildman–Crippen LogP) is 4.15. The SMILES string of the molecule is Fc1cccc2c(NCC3CCN(Cc4cccs4)CC3)ncnc12. The van der Waals surface area contributed by atoms with Crippen molar-refractivity contribution in [2.75, 3.05) is 25.0 Å². The van der Waals surface area contributed by atoms with Gasteiger partial charge in [0.2, 0.25) is 0 Å². The molecule has 0 amide bonds. The molecule has 0 unspecified atom stereocenters. The van der Waals surface area contributed by atoms with Crippen LogP contribution in [0.5, 0.6) is 0 Å². The van der Waals surface area contributed by atoms with Crippen molar-refractivity contribution in [1.82, 2.24) is 14.9 Å². The second-order valence-corrected chi connectivity index (χ2v) is 7.57. The third-order valence-corrected chi connectivity index (χ3v) is 5.70. The molecular formula is C19H21FN4S. The van der Waals surface area contributed by atoms with E-state index < -0.39 is 0 Å². The molecule has 3 heterocycles. The van der Waals surface area contributed by atoms with Gasteiger partial charge in [-0.1, -0.05) is 12.1 Å². The van der Waals surface area contributed by atoms with Crippen LogP contribution < -0.4 is 5.32 Å². The molecule has 0 bridgehead atoms. The zero-order valence-corrected chi connectivity index (χ0v) is 14.8. The Kier molecular flexibility index (Phi) is 4.90. The van der Waals surface area contributed by atoms with Gasteiger partial charge in [-0.3, -0.25) is 4.90 Å². The van der Waals surface area contributed by atoms with E-state index in [9.17, 15) is 4.39 Å². The summed E-state index contributed by atoms with van der Waals surface area (Å²) in [5.41, 5.74) is 0.380. The molecule has 0 atom stereocenters. The van der Waals surface area contributed by atoms with Gasteiger partial charge in [0, 0.05) is 23.4 Å². The summed E-state index contributed by atoms with van der Waals surface area (Å²) in [4.78, 5) is 12.3. The van der Waals surface area contributed by atoms with Crippen LogP contribution in [0.15, 0.2) is 42.0 Å². The number of aromatic nitrogens is 2. The number of nitrogens with one attached hydrogen (secondary N) is 1. The lowest BCUT2D eigenvalue weighted by Gasteiger charge is -2.31. The largest absolute Gasteiger partial charge is 0.369 e. The first-order valence-corrected chi connectivity index (χ1v) is 9.55. The zero-order chi connectivity index (χ0) is 17.1. The van der Waals surface area contributed by atoms with Crippen LogP contribution in [0.3, 0.4) is 0 Å². The molecular weight excluding hydrogens is 335 g/mol. The summed E-state index contributed by atoms with van der Waals surface area (Å²) in [6.45, 7) is 4.19. The van der Waals surface area contributed by atoms with E-state index >= 15 is 0 Å². The fraction of sp³-hybridized carbons (Fsp3) is 0.368. The molecule has 1 saturated heterocycles. The van der Waals surface area contributed by atoms with E-state index in [4.69, 9.17) is 0 Å². The molecule has 1 fully saturated rings. The van der Waals surface area contributed by atoms with Crippen molar-refractivity contribution in [2.45, 2.75) is 19.4 Å². The van der Waals surface area contributed by atoms with Gasteiger partial charge in [0.25, 0.3) is 0 Å². The van der Waals surface area contributed by atoms with Gasteiger partial charge in [-0.2, -0.15) is 0 Å². The highest BCUT2D eigenvalue weighted by Crippen LogP contribution is 2.24. The van der Waals surface area contributed by atoms with E-state index in [2.05, 4.69) is 37.7 Å². The second kappa shape index (κ2) is 7.45. The molecule has 0 radical (unpaired) electrons. The standard InChI is InChI=1S/C19H21FN4S/c20-17-5-1-4-16-18(17)22-13-23-19(16)21-11-14-6-8-24(9-7-14)12-15-3-2-10-25-15/h1-5,10,13-14H,6-9,11-12H2,(H,21,22,23). The van der Waals surface area contributed by atoms with Crippen molar-refractivity contribution in [3.8, 4) is 0 Å². The van der Waals surface area contributed by atoms with Gasteiger partial charge in [-0.25, -0.2) is 14.4 Å². The first-order chi connectivity index (χ1) is 12.3. The Labute approximate surface area is 150 Å². The Bertz CT molecular complexity index is 829. The maximum atomic E-state index is 13.8. The molecule has 1 aromatic carbocycles. The molecule has 0 spiro atoms. The number of likely N-dealkylation sites (tertiary alicyclic amines) is 1. The van der Waals surface area contributed by atoms with Gasteiger partial charge in [0.15, 0.2) is 0 Å². The average Bonchev–Trinajstić information content (AvgIpc) is 3.15. The molecule has 0 saturated carbocycles. The van der Waals surface area contributed by atoms with Gasteiger partial charge >= 0.3 is 0 Å². The number of fused-ring (bicyclic) bond motifs is 1. The Morgan fingerprint density at radius 2 is 2.04 bits per heavy atom.